The van der Waals surface area contributed by atoms with E-state index in [1.807, 2.05) is 35.9 Å². The number of nitrogens with zero attached hydrogens (tertiary/aromatic N) is 2. The molecular formula is C16H14ClN3O2. The van der Waals surface area contributed by atoms with E-state index in [-0.39, 0.29) is 5.91 Å². The van der Waals surface area contributed by atoms with Gasteiger partial charge in [0.15, 0.2) is 0 Å². The molecule has 3 aromatic rings. The fraction of sp³-hybridized carbons (Fsp3) is 0.125. The van der Waals surface area contributed by atoms with Gasteiger partial charge in [0.1, 0.15) is 5.75 Å². The number of imidazole rings is 1. The van der Waals surface area contributed by atoms with Crippen LogP contribution in [0.15, 0.2) is 42.5 Å². The summed E-state index contributed by atoms with van der Waals surface area (Å²) in [6.45, 7) is 0. The Morgan fingerprint density at radius 3 is 2.77 bits per heavy atom. The maximum Gasteiger partial charge on any atom is 0.261 e. The predicted molar refractivity (Wildman–Crippen MR) is 86.7 cm³/mol. The van der Waals surface area contributed by atoms with Gasteiger partial charge in [-0.05, 0) is 30.3 Å². The molecule has 0 bridgehead atoms. The highest BCUT2D eigenvalue weighted by atomic mass is 35.5. The van der Waals surface area contributed by atoms with Gasteiger partial charge in [0.05, 0.1) is 23.7 Å². The van der Waals surface area contributed by atoms with Gasteiger partial charge in [0.2, 0.25) is 5.95 Å². The lowest BCUT2D eigenvalue weighted by atomic mass is 10.2. The molecule has 112 valence electrons. The first-order valence-electron chi connectivity index (χ1n) is 6.66. The van der Waals surface area contributed by atoms with E-state index in [9.17, 15) is 4.79 Å². The third-order valence-electron chi connectivity index (χ3n) is 3.42. The molecule has 0 fully saturated rings. The fourth-order valence-corrected chi connectivity index (χ4v) is 2.46. The first kappa shape index (κ1) is 14.4. The van der Waals surface area contributed by atoms with Crippen LogP contribution in [0.3, 0.4) is 0 Å². The Bertz CT molecular complexity index is 858. The van der Waals surface area contributed by atoms with Crippen LogP contribution < -0.4 is 10.1 Å². The Morgan fingerprint density at radius 1 is 1.27 bits per heavy atom. The highest BCUT2D eigenvalue weighted by Gasteiger charge is 2.16. The number of rotatable bonds is 3. The second kappa shape index (κ2) is 5.69. The summed E-state index contributed by atoms with van der Waals surface area (Å²) in [7, 11) is 3.36. The van der Waals surface area contributed by atoms with Gasteiger partial charge in [-0.2, -0.15) is 0 Å². The van der Waals surface area contributed by atoms with E-state index in [1.165, 1.54) is 7.11 Å². The van der Waals surface area contributed by atoms with Gasteiger partial charge in [-0.3, -0.25) is 10.1 Å². The minimum absolute atomic E-state index is 0.322. The van der Waals surface area contributed by atoms with Crippen molar-refractivity contribution in [1.29, 1.82) is 0 Å². The molecule has 0 atom stereocenters. The van der Waals surface area contributed by atoms with Crippen molar-refractivity contribution in [3.8, 4) is 5.75 Å². The minimum atomic E-state index is -0.322. The number of benzene rings is 2. The molecule has 5 nitrogen and oxygen atoms in total. The Kier molecular flexibility index (Phi) is 3.73. The maximum atomic E-state index is 12.5. The Hall–Kier alpha value is -2.53. The summed E-state index contributed by atoms with van der Waals surface area (Å²) < 4.78 is 7.03. The summed E-state index contributed by atoms with van der Waals surface area (Å²) in [5, 5.41) is 3.26. The zero-order valence-electron chi connectivity index (χ0n) is 12.1. The van der Waals surface area contributed by atoms with Gasteiger partial charge in [0.25, 0.3) is 5.91 Å². The lowest BCUT2D eigenvalue weighted by Crippen LogP contribution is -2.16. The number of halogens is 1. The molecule has 1 amide bonds. The molecular weight excluding hydrogens is 302 g/mol. The molecule has 0 aliphatic carbocycles. The summed E-state index contributed by atoms with van der Waals surface area (Å²) >= 11 is 5.96. The van der Waals surface area contributed by atoms with Crippen LogP contribution >= 0.6 is 11.6 Å². The number of carbonyl (C=O) groups excluding carboxylic acids is 1. The molecule has 0 saturated heterocycles. The average Bonchev–Trinajstić information content (AvgIpc) is 2.84. The van der Waals surface area contributed by atoms with Gasteiger partial charge >= 0.3 is 0 Å². The lowest BCUT2D eigenvalue weighted by molar-refractivity contribution is 0.102. The molecule has 6 heteroatoms. The number of carbonyl (C=O) groups is 1. The van der Waals surface area contributed by atoms with Crippen LogP contribution in [0, 0.1) is 0 Å². The van der Waals surface area contributed by atoms with Crippen molar-refractivity contribution in [2.75, 3.05) is 12.4 Å². The van der Waals surface area contributed by atoms with Crippen molar-refractivity contribution in [3.63, 3.8) is 0 Å². The van der Waals surface area contributed by atoms with Crippen LogP contribution in [0.1, 0.15) is 10.4 Å². The molecule has 0 spiro atoms. The summed E-state index contributed by atoms with van der Waals surface area (Å²) in [4.78, 5) is 16.9. The second-order valence-corrected chi connectivity index (χ2v) is 5.22. The first-order chi connectivity index (χ1) is 10.6. The number of hydrogen-bond acceptors (Lipinski definition) is 3. The molecule has 0 aliphatic rings. The highest BCUT2D eigenvalue weighted by Crippen LogP contribution is 2.24. The molecule has 0 radical (unpaired) electrons. The van der Waals surface area contributed by atoms with E-state index in [0.717, 1.165) is 11.0 Å². The van der Waals surface area contributed by atoms with Crippen LogP contribution in [0.4, 0.5) is 5.95 Å². The van der Waals surface area contributed by atoms with Gasteiger partial charge in [-0.1, -0.05) is 23.7 Å². The van der Waals surface area contributed by atoms with Crippen LogP contribution in [-0.4, -0.2) is 22.6 Å². The van der Waals surface area contributed by atoms with Gasteiger partial charge in [0, 0.05) is 12.1 Å². The summed E-state index contributed by atoms with van der Waals surface area (Å²) in [5.74, 6) is 0.603. The largest absolute Gasteiger partial charge is 0.496 e. The lowest BCUT2D eigenvalue weighted by Gasteiger charge is -2.09. The zero-order valence-corrected chi connectivity index (χ0v) is 12.9. The number of nitrogens with one attached hydrogen (secondary N) is 1. The SMILES string of the molecule is COc1ccc(Cl)cc1C(=O)Nc1nc2ccccc2n1C. The van der Waals surface area contributed by atoms with E-state index < -0.39 is 0 Å². The summed E-state index contributed by atoms with van der Waals surface area (Å²) in [5.41, 5.74) is 2.12. The fourth-order valence-electron chi connectivity index (χ4n) is 2.28. The maximum absolute atomic E-state index is 12.5. The number of aryl methyl sites for hydroxylation is 1. The molecule has 1 heterocycles. The molecule has 22 heavy (non-hydrogen) atoms. The first-order valence-corrected chi connectivity index (χ1v) is 7.04. The normalized spacial score (nSPS) is 10.7. The molecule has 0 saturated carbocycles. The predicted octanol–water partition coefficient (Wildman–Crippen LogP) is 3.49. The number of fused-ring (bicyclic) bond motifs is 1. The van der Waals surface area contributed by atoms with Crippen molar-refractivity contribution < 1.29 is 9.53 Å². The van der Waals surface area contributed by atoms with Crippen molar-refractivity contribution in [3.05, 3.63) is 53.1 Å². The summed E-state index contributed by atoms with van der Waals surface area (Å²) in [6.07, 6.45) is 0. The van der Waals surface area contributed by atoms with Crippen LogP contribution in [0.2, 0.25) is 5.02 Å². The average molecular weight is 316 g/mol. The number of aromatic nitrogens is 2. The van der Waals surface area contributed by atoms with Crippen molar-refractivity contribution in [1.82, 2.24) is 9.55 Å². The van der Waals surface area contributed by atoms with E-state index >= 15 is 0 Å². The highest BCUT2D eigenvalue weighted by molar-refractivity contribution is 6.31. The monoisotopic (exact) mass is 315 g/mol. The Morgan fingerprint density at radius 2 is 2.05 bits per heavy atom. The van der Waals surface area contributed by atoms with Gasteiger partial charge in [-0.25, -0.2) is 4.98 Å². The van der Waals surface area contributed by atoms with E-state index in [2.05, 4.69) is 10.3 Å². The molecule has 2 aromatic carbocycles. The van der Waals surface area contributed by atoms with E-state index in [4.69, 9.17) is 16.3 Å². The van der Waals surface area contributed by atoms with E-state index in [0.29, 0.717) is 22.3 Å². The third-order valence-corrected chi connectivity index (χ3v) is 3.65. The van der Waals surface area contributed by atoms with Crippen LogP contribution in [0.25, 0.3) is 11.0 Å². The zero-order chi connectivity index (χ0) is 15.7. The number of amides is 1. The molecule has 1 N–H and O–H groups in total. The number of methoxy groups -OCH3 is 1. The smallest absolute Gasteiger partial charge is 0.261 e. The second-order valence-electron chi connectivity index (χ2n) is 4.78. The number of ether oxygens (including phenoxy) is 1. The Labute approximate surface area is 132 Å². The molecule has 3 rings (SSSR count). The number of para-hydroxylation sites is 2. The topological polar surface area (TPSA) is 56.1 Å². The molecule has 1 aromatic heterocycles. The standard InChI is InChI=1S/C16H14ClN3O2/c1-20-13-6-4-3-5-12(13)18-16(20)19-15(21)11-9-10(17)7-8-14(11)22-2/h3-9H,1-2H3,(H,18,19,21). The van der Waals surface area contributed by atoms with Crippen molar-refractivity contribution in [2.45, 2.75) is 0 Å². The van der Waals surface area contributed by atoms with Crippen LogP contribution in [0.5, 0.6) is 5.75 Å². The third kappa shape index (κ3) is 2.51. The van der Waals surface area contributed by atoms with Crippen molar-refractivity contribution >= 4 is 34.5 Å². The number of hydrogen-bond donors (Lipinski definition) is 1. The van der Waals surface area contributed by atoms with Crippen LogP contribution in [-0.2, 0) is 7.05 Å². The number of anilines is 1. The van der Waals surface area contributed by atoms with E-state index in [1.54, 1.807) is 18.2 Å². The van der Waals surface area contributed by atoms with Gasteiger partial charge in [-0.15, -0.1) is 0 Å². The molecule has 0 aliphatic heterocycles. The Balaban J connectivity index is 1.96. The van der Waals surface area contributed by atoms with Gasteiger partial charge < -0.3 is 9.30 Å². The minimum Gasteiger partial charge on any atom is -0.496 e. The molecule has 0 unspecified atom stereocenters. The quantitative estimate of drug-likeness (QED) is 0.805. The summed E-state index contributed by atoms with van der Waals surface area (Å²) in [6, 6.07) is 12.6. The van der Waals surface area contributed by atoms with Crippen molar-refractivity contribution in [2.24, 2.45) is 7.05 Å².